The number of fused-ring (bicyclic) bond motifs is 1. The number of aryl methyl sites for hydroxylation is 1. The molecule has 2 aromatic carbocycles. The van der Waals surface area contributed by atoms with Crippen molar-refractivity contribution >= 4 is 17.8 Å². The number of benzene rings is 2. The molecule has 1 unspecified atom stereocenters. The highest BCUT2D eigenvalue weighted by Gasteiger charge is 2.38. The summed E-state index contributed by atoms with van der Waals surface area (Å²) in [6.07, 6.45) is 2.19. The van der Waals surface area contributed by atoms with Gasteiger partial charge in [0.2, 0.25) is 12.7 Å². The fraction of sp³-hybridized carbons (Fsp3) is 0.348. The van der Waals surface area contributed by atoms with Gasteiger partial charge in [-0.1, -0.05) is 36.4 Å². The van der Waals surface area contributed by atoms with Crippen LogP contribution in [0.5, 0.6) is 11.5 Å². The first kappa shape index (κ1) is 20.7. The number of nitrogens with zero attached hydrogens (tertiary/aromatic N) is 1. The maximum absolute atomic E-state index is 12.6. The van der Waals surface area contributed by atoms with Gasteiger partial charge in [-0.2, -0.15) is 0 Å². The highest BCUT2D eigenvalue weighted by molar-refractivity contribution is 6.04. The SMILES string of the molecule is O=C(CCC1NC(=O)N(Cc2ccc3c(c2)OCO3)C1=O)NCCCc1ccccc1. The molecule has 2 heterocycles. The normalized spacial score (nSPS) is 17.0. The van der Waals surface area contributed by atoms with Gasteiger partial charge in [0.15, 0.2) is 11.5 Å². The van der Waals surface area contributed by atoms with Gasteiger partial charge in [0.05, 0.1) is 6.54 Å². The van der Waals surface area contributed by atoms with Crippen LogP contribution >= 0.6 is 0 Å². The molecule has 1 fully saturated rings. The second kappa shape index (κ2) is 9.51. The maximum Gasteiger partial charge on any atom is 0.325 e. The molecule has 2 aliphatic heterocycles. The summed E-state index contributed by atoms with van der Waals surface area (Å²) in [5, 5.41) is 5.55. The van der Waals surface area contributed by atoms with Crippen molar-refractivity contribution in [2.45, 2.75) is 38.3 Å². The maximum atomic E-state index is 12.6. The van der Waals surface area contributed by atoms with Crippen LogP contribution in [-0.4, -0.2) is 42.1 Å². The molecule has 4 rings (SSSR count). The van der Waals surface area contributed by atoms with Crippen LogP contribution in [0.4, 0.5) is 4.79 Å². The second-order valence-electron chi connectivity index (χ2n) is 7.59. The first-order chi connectivity index (χ1) is 15.1. The Kier molecular flexibility index (Phi) is 6.35. The third-order valence-corrected chi connectivity index (χ3v) is 5.35. The average molecular weight is 423 g/mol. The smallest absolute Gasteiger partial charge is 0.325 e. The summed E-state index contributed by atoms with van der Waals surface area (Å²) in [4.78, 5) is 38.2. The van der Waals surface area contributed by atoms with Crippen molar-refractivity contribution in [3.8, 4) is 11.5 Å². The molecule has 0 saturated carbocycles. The van der Waals surface area contributed by atoms with Crippen molar-refractivity contribution in [2.75, 3.05) is 13.3 Å². The standard InChI is InChI=1S/C23H25N3O5/c27-21(24-12-4-7-16-5-2-1-3-6-16)11-9-18-22(28)26(23(29)25-18)14-17-8-10-19-20(13-17)31-15-30-19/h1-3,5-6,8,10,13,18H,4,7,9,11-12,14-15H2,(H,24,27)(H,25,29). The summed E-state index contributed by atoms with van der Waals surface area (Å²) < 4.78 is 10.6. The number of hydrogen-bond donors (Lipinski definition) is 2. The molecule has 2 N–H and O–H groups in total. The lowest BCUT2D eigenvalue weighted by Crippen LogP contribution is -2.32. The van der Waals surface area contributed by atoms with Gasteiger partial charge >= 0.3 is 6.03 Å². The van der Waals surface area contributed by atoms with E-state index in [-0.39, 0.29) is 38.0 Å². The third kappa shape index (κ3) is 5.14. The Morgan fingerprint density at radius 1 is 1.06 bits per heavy atom. The van der Waals surface area contributed by atoms with Gasteiger partial charge in [-0.3, -0.25) is 14.5 Å². The minimum atomic E-state index is -0.684. The molecule has 0 bridgehead atoms. The first-order valence-electron chi connectivity index (χ1n) is 10.4. The van der Waals surface area contributed by atoms with Gasteiger partial charge < -0.3 is 20.1 Å². The van der Waals surface area contributed by atoms with Crippen molar-refractivity contribution in [2.24, 2.45) is 0 Å². The summed E-state index contributed by atoms with van der Waals surface area (Å²) in [6, 6.07) is 14.3. The second-order valence-corrected chi connectivity index (χ2v) is 7.59. The van der Waals surface area contributed by atoms with E-state index in [1.54, 1.807) is 18.2 Å². The Balaban J connectivity index is 1.20. The van der Waals surface area contributed by atoms with Crippen molar-refractivity contribution in [1.82, 2.24) is 15.5 Å². The molecule has 1 saturated heterocycles. The van der Waals surface area contributed by atoms with Crippen LogP contribution in [0.2, 0.25) is 0 Å². The van der Waals surface area contributed by atoms with Gasteiger partial charge in [0.1, 0.15) is 6.04 Å². The fourth-order valence-electron chi connectivity index (χ4n) is 3.67. The molecule has 0 radical (unpaired) electrons. The third-order valence-electron chi connectivity index (χ3n) is 5.35. The lowest BCUT2D eigenvalue weighted by atomic mass is 10.1. The number of carbonyl (C=O) groups excluding carboxylic acids is 3. The van der Waals surface area contributed by atoms with Crippen molar-refractivity contribution in [3.63, 3.8) is 0 Å². The molecule has 0 aliphatic carbocycles. The monoisotopic (exact) mass is 423 g/mol. The Bertz CT molecular complexity index is 963. The van der Waals surface area contributed by atoms with E-state index in [1.807, 2.05) is 18.2 Å². The van der Waals surface area contributed by atoms with Crippen molar-refractivity contribution < 1.29 is 23.9 Å². The van der Waals surface area contributed by atoms with Crippen LogP contribution in [0.1, 0.15) is 30.4 Å². The minimum Gasteiger partial charge on any atom is -0.454 e. The summed E-state index contributed by atoms with van der Waals surface area (Å²) in [5.74, 6) is 0.808. The number of ether oxygens (including phenoxy) is 2. The molecule has 4 amide bonds. The van der Waals surface area contributed by atoms with E-state index in [4.69, 9.17) is 9.47 Å². The summed E-state index contributed by atoms with van der Waals surface area (Å²) in [7, 11) is 0. The molecule has 31 heavy (non-hydrogen) atoms. The Labute approximate surface area is 180 Å². The first-order valence-corrected chi connectivity index (χ1v) is 10.4. The molecule has 2 aromatic rings. The number of amides is 4. The molecule has 162 valence electrons. The predicted octanol–water partition coefficient (Wildman–Crippen LogP) is 2.36. The van der Waals surface area contributed by atoms with Gasteiger partial charge in [0, 0.05) is 13.0 Å². The van der Waals surface area contributed by atoms with Crippen LogP contribution in [0.25, 0.3) is 0 Å². The number of carbonyl (C=O) groups is 3. The number of imide groups is 1. The van der Waals surface area contributed by atoms with Crippen LogP contribution in [-0.2, 0) is 22.6 Å². The molecular weight excluding hydrogens is 398 g/mol. The zero-order chi connectivity index (χ0) is 21.6. The molecular formula is C23H25N3O5. The Hall–Kier alpha value is -3.55. The van der Waals surface area contributed by atoms with E-state index < -0.39 is 12.1 Å². The van der Waals surface area contributed by atoms with Gasteiger partial charge in [0.25, 0.3) is 5.91 Å². The number of rotatable bonds is 9. The van der Waals surface area contributed by atoms with E-state index in [2.05, 4.69) is 22.8 Å². The fourth-order valence-corrected chi connectivity index (χ4v) is 3.67. The quantitative estimate of drug-likeness (QED) is 0.477. The van der Waals surface area contributed by atoms with Gasteiger partial charge in [-0.25, -0.2) is 4.79 Å². The summed E-state index contributed by atoms with van der Waals surface area (Å²) >= 11 is 0. The minimum absolute atomic E-state index is 0.121. The van der Waals surface area contributed by atoms with E-state index in [0.29, 0.717) is 18.0 Å². The van der Waals surface area contributed by atoms with Crippen molar-refractivity contribution in [1.29, 1.82) is 0 Å². The van der Waals surface area contributed by atoms with Crippen LogP contribution in [0, 0.1) is 0 Å². The van der Waals surface area contributed by atoms with Gasteiger partial charge in [-0.05, 0) is 42.5 Å². The average Bonchev–Trinajstić information content (AvgIpc) is 3.35. The topological polar surface area (TPSA) is 97.0 Å². The molecule has 0 spiro atoms. The van der Waals surface area contributed by atoms with Crippen molar-refractivity contribution in [3.05, 3.63) is 59.7 Å². The largest absolute Gasteiger partial charge is 0.454 e. The van der Waals surface area contributed by atoms with Crippen LogP contribution in [0.3, 0.4) is 0 Å². The molecule has 8 heteroatoms. The van der Waals surface area contributed by atoms with Gasteiger partial charge in [-0.15, -0.1) is 0 Å². The molecule has 1 atom stereocenters. The van der Waals surface area contributed by atoms with E-state index in [0.717, 1.165) is 18.4 Å². The Morgan fingerprint density at radius 2 is 1.87 bits per heavy atom. The van der Waals surface area contributed by atoms with Crippen LogP contribution < -0.4 is 20.1 Å². The summed E-state index contributed by atoms with van der Waals surface area (Å²) in [5.41, 5.74) is 2.00. The highest BCUT2D eigenvalue weighted by atomic mass is 16.7. The van der Waals surface area contributed by atoms with E-state index >= 15 is 0 Å². The van der Waals surface area contributed by atoms with E-state index in [9.17, 15) is 14.4 Å². The lowest BCUT2D eigenvalue weighted by Gasteiger charge is -2.13. The predicted molar refractivity (Wildman–Crippen MR) is 112 cm³/mol. The molecule has 2 aliphatic rings. The zero-order valence-corrected chi connectivity index (χ0v) is 17.1. The van der Waals surface area contributed by atoms with E-state index in [1.165, 1.54) is 10.5 Å². The molecule has 8 nitrogen and oxygen atoms in total. The Morgan fingerprint density at radius 3 is 2.71 bits per heavy atom. The zero-order valence-electron chi connectivity index (χ0n) is 17.1. The number of nitrogens with one attached hydrogen (secondary N) is 2. The highest BCUT2D eigenvalue weighted by Crippen LogP contribution is 2.33. The number of urea groups is 1. The lowest BCUT2D eigenvalue weighted by molar-refractivity contribution is -0.128. The molecule has 0 aromatic heterocycles. The van der Waals surface area contributed by atoms with Crippen LogP contribution in [0.15, 0.2) is 48.5 Å². The summed E-state index contributed by atoms with van der Waals surface area (Å²) in [6.45, 7) is 0.886. The number of hydrogen-bond acceptors (Lipinski definition) is 5.